The van der Waals surface area contributed by atoms with E-state index in [1.807, 2.05) is 31.2 Å². The van der Waals surface area contributed by atoms with Crippen LogP contribution in [0.15, 0.2) is 30.5 Å². The number of nitrogen functional groups attached to an aromatic ring is 1. The molecule has 24 heavy (non-hydrogen) atoms. The summed E-state index contributed by atoms with van der Waals surface area (Å²) in [4.78, 5) is 13.0. The van der Waals surface area contributed by atoms with E-state index in [1.54, 1.807) is 13.2 Å². The van der Waals surface area contributed by atoms with Crippen molar-refractivity contribution >= 4 is 46.2 Å². The lowest BCUT2D eigenvalue weighted by atomic mass is 9.40. The number of nitrogens with two attached hydrogens (primary N) is 1. The maximum Gasteiger partial charge on any atom is 0.224 e. The molecule has 2 aromatic heterocycles. The van der Waals surface area contributed by atoms with Crippen molar-refractivity contribution in [3.05, 3.63) is 41.7 Å². The third-order valence-electron chi connectivity index (χ3n) is 3.75. The van der Waals surface area contributed by atoms with E-state index in [2.05, 4.69) is 20.3 Å². The molecule has 112 valence electrons. The van der Waals surface area contributed by atoms with Crippen LogP contribution in [0.25, 0.3) is 22.2 Å². The van der Waals surface area contributed by atoms with Crippen molar-refractivity contribution < 1.29 is 0 Å². The molecule has 0 fully saturated rings. The maximum absolute atomic E-state index is 5.95. The molecule has 0 spiro atoms. The molecular weight excluding hydrogens is 295 g/mol. The summed E-state index contributed by atoms with van der Waals surface area (Å²) in [5.41, 5.74) is 9.92. The van der Waals surface area contributed by atoms with Crippen molar-refractivity contribution in [2.45, 2.75) is 12.0 Å². The van der Waals surface area contributed by atoms with Crippen LogP contribution >= 0.6 is 0 Å². The van der Waals surface area contributed by atoms with Gasteiger partial charge in [0.05, 0.1) is 23.5 Å². The van der Waals surface area contributed by atoms with Crippen LogP contribution in [0.1, 0.15) is 11.3 Å². The van der Waals surface area contributed by atoms with Gasteiger partial charge in [-0.3, -0.25) is 0 Å². The van der Waals surface area contributed by atoms with Crippen LogP contribution < -0.4 is 11.1 Å². The fraction of sp³-hybridized carbons (Fsp3) is 0.188. The third kappa shape index (κ3) is 2.96. The summed E-state index contributed by atoms with van der Waals surface area (Å²) in [6, 6.07) is 7.47. The highest BCUT2D eigenvalue weighted by Gasteiger charge is 2.22. The smallest absolute Gasteiger partial charge is 0.224 e. The molecule has 0 saturated heterocycles. The average molecular weight is 309 g/mol. The number of nitrogens with zero attached hydrogens (tertiary/aromatic N) is 3. The fourth-order valence-electron chi connectivity index (χ4n) is 2.55. The van der Waals surface area contributed by atoms with Crippen molar-refractivity contribution in [2.75, 3.05) is 18.1 Å². The summed E-state index contributed by atoms with van der Waals surface area (Å²) in [7, 11) is 19.6. The monoisotopic (exact) mass is 309 g/mol. The molecule has 0 saturated carbocycles. The molecule has 3 N–H and O–H groups in total. The number of hydrogen-bond acceptors (Lipinski definition) is 5. The lowest BCUT2D eigenvalue weighted by Gasteiger charge is -2.24. The number of aryl methyl sites for hydroxylation is 1. The summed E-state index contributed by atoms with van der Waals surface area (Å²) < 4.78 is 0. The highest BCUT2D eigenvalue weighted by Crippen LogP contribution is 2.33. The maximum atomic E-state index is 5.95. The van der Waals surface area contributed by atoms with Crippen molar-refractivity contribution in [1.29, 1.82) is 0 Å². The first kappa shape index (κ1) is 16.4. The van der Waals surface area contributed by atoms with E-state index in [0.29, 0.717) is 28.5 Å². The number of nitrogens with one attached hydrogen (secondary N) is 1. The molecule has 0 bridgehead atoms. The Morgan fingerprint density at radius 3 is 2.50 bits per heavy atom. The SMILES string of the molecule is [B]C([B])([B])c1nc2nc(NC)ncc2cc1-c1cc(N)ccc1C. The topological polar surface area (TPSA) is 76.7 Å². The number of fused-ring (bicyclic) bond motifs is 1. The number of hydrogen-bond donors (Lipinski definition) is 2. The van der Waals surface area contributed by atoms with Gasteiger partial charge in [0.15, 0.2) is 5.65 Å². The van der Waals surface area contributed by atoms with Crippen molar-refractivity contribution in [3.8, 4) is 11.1 Å². The molecule has 0 unspecified atom stereocenters. The zero-order chi connectivity index (χ0) is 17.5. The predicted molar refractivity (Wildman–Crippen MR) is 100 cm³/mol. The Kier molecular flexibility index (Phi) is 3.99. The largest absolute Gasteiger partial charge is 0.399 e. The number of rotatable bonds is 3. The Morgan fingerprint density at radius 1 is 1.08 bits per heavy atom. The summed E-state index contributed by atoms with van der Waals surface area (Å²) in [5.74, 6) is 0.450. The van der Waals surface area contributed by atoms with Gasteiger partial charge in [-0.1, -0.05) is 11.2 Å². The summed E-state index contributed by atoms with van der Waals surface area (Å²) in [5, 5.41) is 2.00. The molecule has 0 aliphatic carbocycles. The van der Waals surface area contributed by atoms with Crippen molar-refractivity contribution in [1.82, 2.24) is 15.0 Å². The Hall–Kier alpha value is -2.50. The molecule has 0 atom stereocenters. The van der Waals surface area contributed by atoms with Gasteiger partial charge in [-0.15, -0.1) is 0 Å². The standard InChI is InChI=1S/C16H14B3N5/c1-8-3-4-10(20)6-11(8)12-5-9-7-22-15(21-2)24-14(9)23-13(12)16(17,18)19/h3-7H,20H2,1-2H3,(H,21,22,23,24). The van der Waals surface area contributed by atoms with Gasteiger partial charge < -0.3 is 11.1 Å². The second-order valence-corrected chi connectivity index (χ2v) is 5.75. The molecule has 6 radical (unpaired) electrons. The molecule has 5 nitrogen and oxygen atoms in total. The van der Waals surface area contributed by atoms with E-state index in [0.717, 1.165) is 16.5 Å². The Morgan fingerprint density at radius 2 is 1.83 bits per heavy atom. The van der Waals surface area contributed by atoms with E-state index < -0.39 is 5.11 Å². The Bertz CT molecular complexity index is 921. The normalized spacial score (nSPS) is 11.6. The average Bonchev–Trinajstić information content (AvgIpc) is 2.54. The summed E-state index contributed by atoms with van der Waals surface area (Å²) in [6.07, 6.45) is 1.68. The van der Waals surface area contributed by atoms with Crippen LogP contribution in [0.3, 0.4) is 0 Å². The summed E-state index contributed by atoms with van der Waals surface area (Å²) in [6.45, 7) is 1.97. The van der Waals surface area contributed by atoms with Crippen molar-refractivity contribution in [2.24, 2.45) is 0 Å². The first-order chi connectivity index (χ1) is 11.3. The molecule has 3 rings (SSSR count). The van der Waals surface area contributed by atoms with Gasteiger partial charge >= 0.3 is 0 Å². The van der Waals surface area contributed by atoms with Gasteiger partial charge in [0.2, 0.25) is 5.95 Å². The van der Waals surface area contributed by atoms with Crippen LogP contribution in [0.2, 0.25) is 0 Å². The summed E-state index contributed by atoms with van der Waals surface area (Å²) >= 11 is 0. The van der Waals surface area contributed by atoms with Gasteiger partial charge in [0.25, 0.3) is 0 Å². The number of aromatic nitrogens is 3. The zero-order valence-corrected chi connectivity index (χ0v) is 13.5. The molecule has 0 aliphatic rings. The van der Waals surface area contributed by atoms with Gasteiger partial charge in [-0.2, -0.15) is 4.98 Å². The first-order valence-electron chi connectivity index (χ1n) is 7.38. The Balaban J connectivity index is 2.35. The predicted octanol–water partition coefficient (Wildman–Crippen LogP) is 1.24. The first-order valence-corrected chi connectivity index (χ1v) is 7.38. The second kappa shape index (κ2) is 5.85. The van der Waals surface area contributed by atoms with Crippen molar-refractivity contribution in [3.63, 3.8) is 0 Å². The van der Waals surface area contributed by atoms with Gasteiger partial charge in [0, 0.05) is 35.6 Å². The zero-order valence-electron chi connectivity index (χ0n) is 13.5. The molecule has 0 amide bonds. The van der Waals surface area contributed by atoms with Gasteiger partial charge in [-0.25, -0.2) is 9.97 Å². The van der Waals surface area contributed by atoms with Gasteiger partial charge in [-0.05, 0) is 36.2 Å². The van der Waals surface area contributed by atoms with Crippen LogP contribution in [0.5, 0.6) is 0 Å². The second-order valence-electron chi connectivity index (χ2n) is 5.75. The molecule has 8 heteroatoms. The molecular formula is C16H14B3N5. The Labute approximate surface area is 144 Å². The van der Waals surface area contributed by atoms with E-state index in [1.165, 1.54) is 0 Å². The van der Waals surface area contributed by atoms with E-state index in [-0.39, 0.29) is 0 Å². The molecule has 3 aromatic rings. The molecule has 0 aliphatic heterocycles. The fourth-order valence-corrected chi connectivity index (χ4v) is 2.55. The minimum atomic E-state index is -1.62. The highest BCUT2D eigenvalue weighted by molar-refractivity contribution is 6.59. The van der Waals surface area contributed by atoms with E-state index in [9.17, 15) is 0 Å². The highest BCUT2D eigenvalue weighted by atomic mass is 15.1. The number of anilines is 2. The molecule has 1 aromatic carbocycles. The third-order valence-corrected chi connectivity index (χ3v) is 3.75. The number of benzene rings is 1. The van der Waals surface area contributed by atoms with Gasteiger partial charge in [0.1, 0.15) is 0 Å². The number of pyridine rings is 1. The lowest BCUT2D eigenvalue weighted by molar-refractivity contribution is 1.08. The van der Waals surface area contributed by atoms with Crippen LogP contribution in [0.4, 0.5) is 11.6 Å². The van der Waals surface area contributed by atoms with Crippen LogP contribution in [-0.2, 0) is 5.11 Å². The van der Waals surface area contributed by atoms with Crippen LogP contribution in [0, 0.1) is 6.92 Å². The van der Waals surface area contributed by atoms with E-state index >= 15 is 0 Å². The molecule has 2 heterocycles. The van der Waals surface area contributed by atoms with E-state index in [4.69, 9.17) is 29.3 Å². The lowest BCUT2D eigenvalue weighted by Crippen LogP contribution is -2.29. The minimum absolute atomic E-state index is 0.337. The minimum Gasteiger partial charge on any atom is -0.399 e. The quantitative estimate of drug-likeness (QED) is 0.562. The van der Waals surface area contributed by atoms with Crippen LogP contribution in [-0.4, -0.2) is 45.5 Å².